The van der Waals surface area contributed by atoms with Gasteiger partial charge in [-0.1, -0.05) is 19.3 Å². The van der Waals surface area contributed by atoms with E-state index in [0.29, 0.717) is 28.6 Å². The predicted octanol–water partition coefficient (Wildman–Crippen LogP) is 4.16. The largest absolute Gasteiger partial charge is 0.370 e. The van der Waals surface area contributed by atoms with Crippen molar-refractivity contribution in [3.63, 3.8) is 0 Å². The molecule has 0 radical (unpaired) electrons. The van der Waals surface area contributed by atoms with Crippen molar-refractivity contribution >= 4 is 33.2 Å². The molecule has 3 fully saturated rings. The van der Waals surface area contributed by atoms with Gasteiger partial charge in [-0.2, -0.15) is 8.42 Å². The number of nitrogens with zero attached hydrogens (tertiary/aromatic N) is 2. The minimum atomic E-state index is -3.95. The zero-order valence-corrected chi connectivity index (χ0v) is 22.0. The Morgan fingerprint density at radius 1 is 1.22 bits per heavy atom. The van der Waals surface area contributed by atoms with Gasteiger partial charge in [0.2, 0.25) is 5.78 Å². The van der Waals surface area contributed by atoms with E-state index < -0.39 is 10.3 Å². The molecule has 2 aromatic heterocycles. The normalized spacial score (nSPS) is 27.4. The smallest absolute Gasteiger partial charge is 0.333 e. The second-order valence-corrected chi connectivity index (χ2v) is 12.4. The maximum atomic E-state index is 13.6. The molecule has 11 heteroatoms. The fourth-order valence-electron chi connectivity index (χ4n) is 6.18. The van der Waals surface area contributed by atoms with Crippen LogP contribution in [0.4, 0.5) is 5.82 Å². The molecule has 3 atom stereocenters. The van der Waals surface area contributed by atoms with Crippen LogP contribution in [0.25, 0.3) is 0 Å². The maximum absolute atomic E-state index is 13.6. The molecule has 2 aromatic rings. The van der Waals surface area contributed by atoms with Gasteiger partial charge in [-0.3, -0.25) is 8.98 Å². The van der Waals surface area contributed by atoms with Gasteiger partial charge in [-0.05, 0) is 73.8 Å². The van der Waals surface area contributed by atoms with Crippen molar-refractivity contribution in [1.29, 1.82) is 0 Å². The van der Waals surface area contributed by atoms with E-state index in [4.69, 9.17) is 14.1 Å². The third kappa shape index (κ3) is 5.65. The summed E-state index contributed by atoms with van der Waals surface area (Å²) in [5, 5.41) is 10.4. The number of nitrogens with two attached hydrogens (primary N) is 1. The average Bonchev–Trinajstić information content (AvgIpc) is 3.64. The molecule has 1 aliphatic heterocycles. The van der Waals surface area contributed by atoms with Gasteiger partial charge in [0.15, 0.2) is 0 Å². The summed E-state index contributed by atoms with van der Waals surface area (Å²) in [7, 11) is -3.95. The van der Waals surface area contributed by atoms with Crippen molar-refractivity contribution in [2.24, 2.45) is 17.0 Å². The highest BCUT2D eigenvalue weighted by Gasteiger charge is 2.45. The number of anilines is 1. The van der Waals surface area contributed by atoms with Crippen LogP contribution in [-0.2, 0) is 24.8 Å². The minimum Gasteiger partial charge on any atom is -0.370 e. The number of rotatable bonds is 9. The zero-order chi connectivity index (χ0) is 25.2. The summed E-state index contributed by atoms with van der Waals surface area (Å²) in [6.45, 7) is 0.843. The highest BCUT2D eigenvalue weighted by atomic mass is 32.2. The number of carbonyl (C=O) groups excluding carboxylic acids is 1. The summed E-state index contributed by atoms with van der Waals surface area (Å²) in [5.74, 6) is 0.988. The molecular formula is C25H34N4O5S2. The number of thiophene rings is 1. The molecule has 0 amide bonds. The average molecular weight is 535 g/mol. The molecule has 9 nitrogen and oxygen atoms in total. The molecular weight excluding hydrogens is 500 g/mol. The van der Waals surface area contributed by atoms with Crippen molar-refractivity contribution in [2.45, 2.75) is 75.9 Å². The van der Waals surface area contributed by atoms with E-state index in [-0.39, 0.29) is 30.0 Å². The monoisotopic (exact) mass is 534 g/mol. The SMILES string of the molecule is NS(=O)(=O)OCC1CC[C@H](Nc2ncncc2C(=O)c2cc(C3(C4CCCCC4)CCCO3)cs2)C1. The summed E-state index contributed by atoms with van der Waals surface area (Å²) < 4.78 is 33.4. The Balaban J connectivity index is 1.30. The summed E-state index contributed by atoms with van der Waals surface area (Å²) in [6, 6.07) is 2.08. The summed E-state index contributed by atoms with van der Waals surface area (Å²) in [5.41, 5.74) is 1.32. The van der Waals surface area contributed by atoms with Gasteiger partial charge >= 0.3 is 10.3 Å². The molecule has 5 rings (SSSR count). The van der Waals surface area contributed by atoms with E-state index in [2.05, 4.69) is 20.7 Å². The van der Waals surface area contributed by atoms with Crippen LogP contribution in [-0.4, -0.2) is 43.4 Å². The van der Waals surface area contributed by atoms with Crippen LogP contribution in [0.2, 0.25) is 0 Å². The van der Waals surface area contributed by atoms with E-state index in [1.165, 1.54) is 49.8 Å². The Hall–Kier alpha value is -1.92. The lowest BCUT2D eigenvalue weighted by molar-refractivity contribution is -0.0611. The third-order valence-corrected chi connectivity index (χ3v) is 9.33. The molecule has 0 aromatic carbocycles. The fourth-order valence-corrected chi connectivity index (χ4v) is 7.49. The van der Waals surface area contributed by atoms with Crippen LogP contribution in [0.1, 0.15) is 85.0 Å². The highest BCUT2D eigenvalue weighted by molar-refractivity contribution is 7.84. The van der Waals surface area contributed by atoms with E-state index in [0.717, 1.165) is 37.9 Å². The van der Waals surface area contributed by atoms with Gasteiger partial charge < -0.3 is 10.1 Å². The number of hydrogen-bond donors (Lipinski definition) is 2. The Morgan fingerprint density at radius 3 is 2.81 bits per heavy atom. The van der Waals surface area contributed by atoms with Gasteiger partial charge in [0, 0.05) is 18.8 Å². The van der Waals surface area contributed by atoms with Crippen molar-refractivity contribution in [2.75, 3.05) is 18.5 Å². The Labute approximate surface area is 216 Å². The molecule has 2 aliphatic carbocycles. The first-order valence-corrected chi connectivity index (χ1v) is 15.2. The summed E-state index contributed by atoms with van der Waals surface area (Å²) >= 11 is 1.46. The van der Waals surface area contributed by atoms with Crippen LogP contribution < -0.4 is 10.5 Å². The Kier molecular flexibility index (Phi) is 7.73. The van der Waals surface area contributed by atoms with E-state index in [1.807, 2.05) is 6.07 Å². The maximum Gasteiger partial charge on any atom is 0.333 e. The van der Waals surface area contributed by atoms with Crippen molar-refractivity contribution < 1.29 is 22.1 Å². The lowest BCUT2D eigenvalue weighted by atomic mass is 9.72. The van der Waals surface area contributed by atoms with Crippen LogP contribution in [0.5, 0.6) is 0 Å². The second kappa shape index (κ2) is 10.8. The van der Waals surface area contributed by atoms with Gasteiger partial charge in [0.05, 0.1) is 22.6 Å². The van der Waals surface area contributed by atoms with Crippen molar-refractivity contribution in [3.05, 3.63) is 40.0 Å². The van der Waals surface area contributed by atoms with E-state index in [1.54, 1.807) is 6.20 Å². The lowest BCUT2D eigenvalue weighted by Gasteiger charge is -2.39. The molecule has 2 saturated carbocycles. The first-order valence-electron chi connectivity index (χ1n) is 12.9. The predicted molar refractivity (Wildman–Crippen MR) is 137 cm³/mol. The number of hydrogen-bond acceptors (Lipinski definition) is 9. The number of ketones is 1. The molecule has 36 heavy (non-hydrogen) atoms. The molecule has 1 saturated heterocycles. The van der Waals surface area contributed by atoms with Crippen LogP contribution in [0, 0.1) is 11.8 Å². The Bertz CT molecular complexity index is 1170. The molecule has 0 spiro atoms. The van der Waals surface area contributed by atoms with E-state index >= 15 is 0 Å². The second-order valence-electron chi connectivity index (χ2n) is 10.3. The summed E-state index contributed by atoms with van der Waals surface area (Å²) in [4.78, 5) is 22.7. The molecule has 0 bridgehead atoms. The topological polar surface area (TPSA) is 134 Å². The third-order valence-electron chi connectivity index (χ3n) is 7.94. The van der Waals surface area contributed by atoms with Crippen molar-refractivity contribution in [3.8, 4) is 0 Å². The van der Waals surface area contributed by atoms with Crippen LogP contribution >= 0.6 is 11.3 Å². The van der Waals surface area contributed by atoms with Crippen molar-refractivity contribution in [1.82, 2.24) is 9.97 Å². The van der Waals surface area contributed by atoms with Crippen LogP contribution in [0.15, 0.2) is 24.0 Å². The van der Waals surface area contributed by atoms with Crippen LogP contribution in [0.3, 0.4) is 0 Å². The number of carbonyl (C=O) groups is 1. The zero-order valence-electron chi connectivity index (χ0n) is 20.4. The standard InChI is InChI=1S/C25H34N4O5S2/c26-36(31,32)34-14-17-7-8-20(11-17)29-24-21(13-27-16-28-24)23(30)22-12-19(15-35-22)25(9-4-10-33-25)18-5-2-1-3-6-18/h12-13,15-18,20H,1-11,14H2,(H2,26,31,32)(H,27,28,29)/t17?,20-,25?/m0/s1. The molecule has 3 N–H and O–H groups in total. The van der Waals surface area contributed by atoms with Gasteiger partial charge in [-0.15, -0.1) is 11.3 Å². The molecule has 3 heterocycles. The lowest BCUT2D eigenvalue weighted by Crippen LogP contribution is -2.35. The molecule has 196 valence electrons. The summed E-state index contributed by atoms with van der Waals surface area (Å²) in [6.07, 6.45) is 13.6. The van der Waals surface area contributed by atoms with Gasteiger partial charge in [0.1, 0.15) is 12.1 Å². The fraction of sp³-hybridized carbons (Fsp3) is 0.640. The van der Waals surface area contributed by atoms with E-state index in [9.17, 15) is 13.2 Å². The number of aromatic nitrogens is 2. The first kappa shape index (κ1) is 25.7. The first-order chi connectivity index (χ1) is 17.3. The Morgan fingerprint density at radius 2 is 2.06 bits per heavy atom. The van der Waals surface area contributed by atoms with Gasteiger partial charge in [0.25, 0.3) is 0 Å². The highest BCUT2D eigenvalue weighted by Crippen LogP contribution is 2.49. The van der Waals surface area contributed by atoms with Gasteiger partial charge in [-0.25, -0.2) is 15.1 Å². The molecule has 3 aliphatic rings. The number of nitrogens with one attached hydrogen (secondary N) is 1. The number of ether oxygens (including phenoxy) is 1. The quantitative estimate of drug-likeness (QED) is 0.458. The minimum absolute atomic E-state index is 0.0564. The molecule has 2 unspecified atom stereocenters.